The van der Waals surface area contributed by atoms with E-state index in [0.717, 1.165) is 51.5 Å². The van der Waals surface area contributed by atoms with E-state index in [0.29, 0.717) is 5.56 Å². The number of aromatic nitrogens is 2. The van der Waals surface area contributed by atoms with Crippen molar-refractivity contribution in [1.82, 2.24) is 8.96 Å². The first-order valence-corrected chi connectivity index (χ1v) is 19.0. The summed E-state index contributed by atoms with van der Waals surface area (Å²) in [6, 6.07) is 17.8. The molecule has 0 saturated carbocycles. The molecule has 0 amide bonds. The van der Waals surface area contributed by atoms with Gasteiger partial charge in [-0.15, -0.1) is 11.3 Å². The minimum atomic E-state index is -4.24. The summed E-state index contributed by atoms with van der Waals surface area (Å²) in [5.74, 6) is -4.26. The highest BCUT2D eigenvalue weighted by molar-refractivity contribution is 7.91. The Morgan fingerprint density at radius 2 is 1.68 bits per heavy atom. The molecule has 15 heteroatoms. The third-order valence-corrected chi connectivity index (χ3v) is 11.4. The molecule has 1 N–H and O–H groups in total. The van der Waals surface area contributed by atoms with Gasteiger partial charge in [0.05, 0.1) is 10.4 Å². The summed E-state index contributed by atoms with van der Waals surface area (Å²) in [5, 5.41) is 10.4. The van der Waals surface area contributed by atoms with Crippen molar-refractivity contribution in [2.45, 2.75) is 29.6 Å². The van der Waals surface area contributed by atoms with Crippen molar-refractivity contribution in [3.05, 3.63) is 124 Å². The number of rotatable bonds is 11. The zero-order valence-corrected chi connectivity index (χ0v) is 28.7. The maximum absolute atomic E-state index is 15.8. The van der Waals surface area contributed by atoms with Crippen molar-refractivity contribution in [2.24, 2.45) is 0 Å². The third-order valence-electron chi connectivity index (χ3n) is 7.71. The zero-order valence-electron chi connectivity index (χ0n) is 26.3. The number of carboxylic acid groups (broad SMARTS) is 1. The molecule has 4 aromatic carbocycles. The average Bonchev–Trinajstić information content (AvgIpc) is 3.72. The molecule has 0 bridgehead atoms. The summed E-state index contributed by atoms with van der Waals surface area (Å²) in [6.45, 7) is 1.78. The second kappa shape index (κ2) is 13.2. The molecule has 0 aliphatic heterocycles. The number of aliphatic carboxylic acids is 1. The van der Waals surface area contributed by atoms with Gasteiger partial charge >= 0.3 is 5.97 Å². The van der Waals surface area contributed by atoms with E-state index in [2.05, 4.69) is 4.98 Å². The first-order valence-electron chi connectivity index (χ1n) is 14.8. The third kappa shape index (κ3) is 6.79. The van der Waals surface area contributed by atoms with Crippen LogP contribution in [-0.2, 0) is 31.1 Å². The number of ether oxygens (including phenoxy) is 1. The van der Waals surface area contributed by atoms with Crippen molar-refractivity contribution in [1.29, 1.82) is 0 Å². The number of hydrogen-bond donors (Lipinski definition) is 1. The Morgan fingerprint density at radius 1 is 0.940 bits per heavy atom. The number of benzene rings is 4. The highest BCUT2D eigenvalue weighted by atomic mass is 32.2. The Balaban J connectivity index is 1.35. The molecule has 0 fully saturated rings. The minimum Gasteiger partial charge on any atom is -0.481 e. The summed E-state index contributed by atoms with van der Waals surface area (Å²) in [7, 11) is -8.48. The Kier molecular flexibility index (Phi) is 9.15. The fraction of sp³-hybridized carbons (Fsp3) is 0.114. The van der Waals surface area contributed by atoms with Gasteiger partial charge in [0.2, 0.25) is 5.78 Å². The molecule has 10 nitrogen and oxygen atoms in total. The van der Waals surface area contributed by atoms with Gasteiger partial charge in [-0.3, -0.25) is 9.59 Å². The molecule has 0 radical (unpaired) electrons. The van der Waals surface area contributed by atoms with Crippen LogP contribution in [0.2, 0.25) is 0 Å². The van der Waals surface area contributed by atoms with Gasteiger partial charge in [-0.2, -0.15) is 0 Å². The van der Waals surface area contributed by atoms with Gasteiger partial charge in [0.25, 0.3) is 10.0 Å². The topological polar surface area (TPSA) is 150 Å². The predicted molar refractivity (Wildman–Crippen MR) is 182 cm³/mol. The number of ketones is 1. The van der Waals surface area contributed by atoms with Crippen LogP contribution in [0.4, 0.5) is 8.78 Å². The van der Waals surface area contributed by atoms with Crippen LogP contribution in [0.25, 0.3) is 21.5 Å². The van der Waals surface area contributed by atoms with E-state index < -0.39 is 53.9 Å². The lowest BCUT2D eigenvalue weighted by Gasteiger charge is -2.14. The van der Waals surface area contributed by atoms with E-state index in [9.17, 15) is 26.4 Å². The number of fused-ring (bicyclic) bond motifs is 1. The first-order chi connectivity index (χ1) is 23.6. The number of sulfone groups is 1. The molecular weight excluding hydrogens is 711 g/mol. The normalized spacial score (nSPS) is 11.9. The van der Waals surface area contributed by atoms with Crippen LogP contribution in [0, 0.1) is 18.6 Å². The zero-order chi connectivity index (χ0) is 36.0. The van der Waals surface area contributed by atoms with Gasteiger partial charge < -0.3 is 9.84 Å². The lowest BCUT2D eigenvalue weighted by molar-refractivity contribution is -0.136. The highest BCUT2D eigenvalue weighted by Gasteiger charge is 2.29. The summed E-state index contributed by atoms with van der Waals surface area (Å²) in [5.41, 5.74) is 1.39. The van der Waals surface area contributed by atoms with Gasteiger partial charge in [0.15, 0.2) is 21.4 Å². The standard InChI is InChI=1S/C35H26F2N2O8S3/c1-20-6-10-24(11-7-20)50(45,46)39-15-14-25-30(39)18-28(37)33(34(25)49(2,43)44)47-23-9-12-27(36)26(17-23)35-38-29(19-48-35)32(42)22-5-3-4-21(16-22)8-13-31(40)41/h3-7,9-12,14-19H,8,13H2,1-2H3,(H,40,41). The number of nitrogens with zero attached hydrogens (tertiary/aromatic N) is 2. The molecule has 6 aromatic rings. The van der Waals surface area contributed by atoms with Gasteiger partial charge in [0, 0.05) is 46.8 Å². The van der Waals surface area contributed by atoms with E-state index in [1.165, 1.54) is 29.6 Å². The molecule has 0 unspecified atom stereocenters. The number of halogens is 2. The summed E-state index contributed by atoms with van der Waals surface area (Å²) < 4.78 is 90.5. The van der Waals surface area contributed by atoms with E-state index in [4.69, 9.17) is 9.84 Å². The number of carboxylic acids is 1. The summed E-state index contributed by atoms with van der Waals surface area (Å²) in [6.07, 6.45) is 2.07. The fourth-order valence-electron chi connectivity index (χ4n) is 5.29. The lowest BCUT2D eigenvalue weighted by atomic mass is 10.0. The van der Waals surface area contributed by atoms with Gasteiger partial charge in [-0.05, 0) is 61.4 Å². The monoisotopic (exact) mass is 736 g/mol. The van der Waals surface area contributed by atoms with Crippen LogP contribution < -0.4 is 4.74 Å². The highest BCUT2D eigenvalue weighted by Crippen LogP contribution is 2.40. The van der Waals surface area contributed by atoms with Crippen molar-refractivity contribution in [3.8, 4) is 22.1 Å². The maximum Gasteiger partial charge on any atom is 0.303 e. The van der Waals surface area contributed by atoms with Crippen LogP contribution in [0.1, 0.15) is 33.6 Å². The number of carbonyl (C=O) groups excluding carboxylic acids is 1. The molecule has 50 heavy (non-hydrogen) atoms. The second-order valence-electron chi connectivity index (χ2n) is 11.4. The molecule has 2 heterocycles. The molecule has 0 aliphatic carbocycles. The molecule has 0 aliphatic rings. The molecule has 0 saturated heterocycles. The van der Waals surface area contributed by atoms with Gasteiger partial charge in [0.1, 0.15) is 27.2 Å². The summed E-state index contributed by atoms with van der Waals surface area (Å²) in [4.78, 5) is 27.7. The fourth-order valence-corrected chi connectivity index (χ4v) is 8.50. The maximum atomic E-state index is 15.8. The number of hydrogen-bond acceptors (Lipinski definition) is 9. The quantitative estimate of drug-likeness (QED) is 0.138. The van der Waals surface area contributed by atoms with Crippen molar-refractivity contribution in [3.63, 3.8) is 0 Å². The van der Waals surface area contributed by atoms with Crippen LogP contribution in [0.3, 0.4) is 0 Å². The predicted octanol–water partition coefficient (Wildman–Crippen LogP) is 7.03. The van der Waals surface area contributed by atoms with Gasteiger partial charge in [-0.1, -0.05) is 35.9 Å². The second-order valence-corrected chi connectivity index (χ2v) is 16.0. The SMILES string of the molecule is Cc1ccc(S(=O)(=O)n2ccc3c(S(C)(=O)=O)c(Oc4ccc(F)c(-c5nc(C(=O)c6cccc(CCC(=O)O)c6)cs5)c4)c(F)cc32)cc1. The van der Waals surface area contributed by atoms with Gasteiger partial charge in [-0.25, -0.2) is 34.6 Å². The first kappa shape index (κ1) is 34.6. The van der Waals surface area contributed by atoms with Crippen LogP contribution >= 0.6 is 11.3 Å². The Bertz CT molecular complexity index is 2540. The van der Waals surface area contributed by atoms with Crippen LogP contribution in [0.5, 0.6) is 11.5 Å². The van der Waals surface area contributed by atoms with Crippen molar-refractivity contribution < 1.29 is 45.0 Å². The van der Waals surface area contributed by atoms with E-state index in [-0.39, 0.29) is 56.2 Å². The Hall–Kier alpha value is -5.25. The molecule has 0 atom stereocenters. The Labute approximate surface area is 289 Å². The average molecular weight is 737 g/mol. The molecule has 256 valence electrons. The number of aryl methyl sites for hydroxylation is 2. The number of thiazole rings is 1. The van der Waals surface area contributed by atoms with Crippen molar-refractivity contribution in [2.75, 3.05) is 6.26 Å². The largest absolute Gasteiger partial charge is 0.481 e. The Morgan fingerprint density at radius 3 is 2.38 bits per heavy atom. The van der Waals surface area contributed by atoms with Crippen LogP contribution in [-0.4, -0.2) is 48.9 Å². The van der Waals surface area contributed by atoms with Crippen LogP contribution in [0.15, 0.2) is 100 Å². The van der Waals surface area contributed by atoms with E-state index >= 15 is 8.78 Å². The van der Waals surface area contributed by atoms with Crippen molar-refractivity contribution >= 4 is 53.9 Å². The molecule has 6 rings (SSSR count). The molecular formula is C35H26F2N2O8S3. The molecule has 0 spiro atoms. The van der Waals surface area contributed by atoms with E-state index in [1.54, 1.807) is 43.3 Å². The molecule has 2 aromatic heterocycles. The minimum absolute atomic E-state index is 0.00654. The number of carbonyl (C=O) groups is 2. The summed E-state index contributed by atoms with van der Waals surface area (Å²) >= 11 is 0.955. The lowest BCUT2D eigenvalue weighted by Crippen LogP contribution is -2.12. The van der Waals surface area contributed by atoms with E-state index in [1.807, 2.05) is 0 Å². The smallest absolute Gasteiger partial charge is 0.303 e.